The zero-order valence-corrected chi connectivity index (χ0v) is 7.64. The van der Waals surface area contributed by atoms with Crippen LogP contribution < -0.4 is 0 Å². The normalized spacial score (nSPS) is 10.9. The maximum absolute atomic E-state index is 4.58. The van der Waals surface area contributed by atoms with Crippen molar-refractivity contribution in [1.29, 1.82) is 0 Å². The molecule has 3 rings (SSSR count). The van der Waals surface area contributed by atoms with Crippen LogP contribution in [-0.2, 0) is 0 Å². The molecule has 1 heterocycles. The van der Waals surface area contributed by atoms with Crippen LogP contribution >= 0.6 is 0 Å². The average molecular weight is 181 g/mol. The molecule has 0 aliphatic heterocycles. The van der Waals surface area contributed by atoms with Gasteiger partial charge in [0.05, 0.1) is 11.0 Å². The lowest BCUT2D eigenvalue weighted by Crippen LogP contribution is -1.80. The summed E-state index contributed by atoms with van der Waals surface area (Å²) in [6, 6.07) is 18.6. The van der Waals surface area contributed by atoms with Crippen LogP contribution in [0.15, 0.2) is 54.6 Å². The quantitative estimate of drug-likeness (QED) is 0.482. The van der Waals surface area contributed by atoms with Crippen LogP contribution in [0.25, 0.3) is 21.8 Å². The summed E-state index contributed by atoms with van der Waals surface area (Å²) in [6.07, 6.45) is 0. The third kappa shape index (κ3) is 1.06. The van der Waals surface area contributed by atoms with E-state index in [1.807, 2.05) is 36.4 Å². The van der Waals surface area contributed by atoms with Crippen LogP contribution in [-0.4, -0.2) is 4.98 Å². The summed E-state index contributed by atoms with van der Waals surface area (Å²) in [5.74, 6) is 0. The molecule has 0 radical (unpaired) electrons. The highest BCUT2D eigenvalue weighted by Crippen LogP contribution is 2.18. The molecular weight excluding hydrogens is 170 g/mol. The zero-order valence-electron chi connectivity index (χ0n) is 7.64. The molecule has 0 atom stereocenters. The van der Waals surface area contributed by atoms with Crippen LogP contribution in [0, 0.1) is 0 Å². The van der Waals surface area contributed by atoms with Gasteiger partial charge in [-0.1, -0.05) is 36.4 Å². The minimum absolute atomic E-state index is 0. The molecular formula is C13H11N. The van der Waals surface area contributed by atoms with Crippen molar-refractivity contribution in [2.24, 2.45) is 0 Å². The van der Waals surface area contributed by atoms with E-state index < -0.39 is 0 Å². The van der Waals surface area contributed by atoms with E-state index in [0.29, 0.717) is 0 Å². The molecule has 1 aromatic heterocycles. The van der Waals surface area contributed by atoms with E-state index in [0.717, 1.165) is 11.0 Å². The first-order chi connectivity index (χ1) is 6.93. The van der Waals surface area contributed by atoms with E-state index in [-0.39, 0.29) is 1.43 Å². The lowest BCUT2D eigenvalue weighted by atomic mass is 10.1. The van der Waals surface area contributed by atoms with Gasteiger partial charge in [0.15, 0.2) is 0 Å². The van der Waals surface area contributed by atoms with Crippen molar-refractivity contribution in [3.63, 3.8) is 0 Å². The van der Waals surface area contributed by atoms with E-state index >= 15 is 0 Å². The first-order valence-corrected chi connectivity index (χ1v) is 4.68. The summed E-state index contributed by atoms with van der Waals surface area (Å²) >= 11 is 0. The number of rotatable bonds is 0. The Hall–Kier alpha value is -1.89. The summed E-state index contributed by atoms with van der Waals surface area (Å²) in [7, 11) is 0. The highest BCUT2D eigenvalue weighted by atomic mass is 14.7. The Morgan fingerprint density at radius 2 is 1.21 bits per heavy atom. The molecule has 14 heavy (non-hydrogen) atoms. The summed E-state index contributed by atoms with van der Waals surface area (Å²) in [4.78, 5) is 4.58. The maximum Gasteiger partial charge on any atom is 0.0709 e. The second-order valence-corrected chi connectivity index (χ2v) is 3.37. The van der Waals surface area contributed by atoms with Crippen LogP contribution in [0.4, 0.5) is 0 Å². The highest BCUT2D eigenvalue weighted by molar-refractivity contribution is 5.92. The third-order valence-electron chi connectivity index (χ3n) is 2.43. The van der Waals surface area contributed by atoms with Crippen molar-refractivity contribution >= 4 is 21.8 Å². The van der Waals surface area contributed by atoms with E-state index in [9.17, 15) is 0 Å². The van der Waals surface area contributed by atoms with Crippen molar-refractivity contribution in [3.05, 3.63) is 54.6 Å². The van der Waals surface area contributed by atoms with Gasteiger partial charge in [-0.05, 0) is 18.2 Å². The fraction of sp³-hybridized carbons (Fsp3) is 0. The molecule has 0 bridgehead atoms. The maximum atomic E-state index is 4.58. The topological polar surface area (TPSA) is 12.9 Å². The zero-order chi connectivity index (χ0) is 9.38. The van der Waals surface area contributed by atoms with E-state index in [2.05, 4.69) is 23.2 Å². The van der Waals surface area contributed by atoms with Gasteiger partial charge in [-0.2, -0.15) is 0 Å². The molecule has 0 N–H and O–H groups in total. The Morgan fingerprint density at radius 1 is 0.714 bits per heavy atom. The summed E-state index contributed by atoms with van der Waals surface area (Å²) in [6.45, 7) is 0. The Morgan fingerprint density at radius 3 is 1.79 bits per heavy atom. The fourth-order valence-corrected chi connectivity index (χ4v) is 1.72. The number of benzene rings is 2. The van der Waals surface area contributed by atoms with Gasteiger partial charge in [0.2, 0.25) is 0 Å². The number of nitrogens with zero attached hydrogens (tertiary/aromatic N) is 1. The third-order valence-corrected chi connectivity index (χ3v) is 2.43. The summed E-state index contributed by atoms with van der Waals surface area (Å²) < 4.78 is 0. The molecule has 1 nitrogen and oxygen atoms in total. The standard InChI is InChI=1S/C13H9N.H2/c1-3-7-12-10(5-1)9-11-6-2-4-8-13(11)14-12;/h1-9H;1H. The smallest absolute Gasteiger partial charge is 0.0709 e. The Kier molecular flexibility index (Phi) is 1.51. The minimum atomic E-state index is 0. The molecule has 0 fully saturated rings. The predicted octanol–water partition coefficient (Wildman–Crippen LogP) is 3.63. The minimum Gasteiger partial charge on any atom is -0.248 e. The van der Waals surface area contributed by atoms with Crippen molar-refractivity contribution in [3.8, 4) is 0 Å². The SMILES string of the molecule is [HH].c1ccc2nc3ccccc3cc2c1. The average Bonchev–Trinajstić information content (AvgIpc) is 2.26. The van der Waals surface area contributed by atoms with E-state index in [1.54, 1.807) is 0 Å². The lowest BCUT2D eigenvalue weighted by molar-refractivity contribution is 1.50. The van der Waals surface area contributed by atoms with Gasteiger partial charge >= 0.3 is 0 Å². The van der Waals surface area contributed by atoms with Crippen LogP contribution in [0.2, 0.25) is 0 Å². The molecule has 3 aromatic rings. The van der Waals surface area contributed by atoms with Crippen LogP contribution in [0.3, 0.4) is 0 Å². The second-order valence-electron chi connectivity index (χ2n) is 3.37. The number of hydrogen-bond donors (Lipinski definition) is 0. The number of fused-ring (bicyclic) bond motifs is 2. The van der Waals surface area contributed by atoms with Crippen molar-refractivity contribution < 1.29 is 1.43 Å². The molecule has 0 aliphatic rings. The van der Waals surface area contributed by atoms with Crippen molar-refractivity contribution in [1.82, 2.24) is 4.98 Å². The molecule has 0 amide bonds. The first kappa shape index (κ1) is 7.51. The molecule has 0 spiro atoms. The Bertz CT molecular complexity index is 499. The van der Waals surface area contributed by atoms with Gasteiger partial charge in [0.1, 0.15) is 0 Å². The van der Waals surface area contributed by atoms with Gasteiger partial charge in [-0.3, -0.25) is 0 Å². The van der Waals surface area contributed by atoms with E-state index in [1.165, 1.54) is 10.8 Å². The fourth-order valence-electron chi connectivity index (χ4n) is 1.72. The molecule has 1 heteroatoms. The number of para-hydroxylation sites is 2. The monoisotopic (exact) mass is 181 g/mol. The second kappa shape index (κ2) is 2.81. The Labute approximate surface area is 83.5 Å². The predicted molar refractivity (Wildman–Crippen MR) is 61.4 cm³/mol. The van der Waals surface area contributed by atoms with Crippen molar-refractivity contribution in [2.75, 3.05) is 0 Å². The number of hydrogen-bond acceptors (Lipinski definition) is 1. The van der Waals surface area contributed by atoms with Crippen LogP contribution in [0.5, 0.6) is 0 Å². The summed E-state index contributed by atoms with van der Waals surface area (Å²) in [5.41, 5.74) is 2.12. The number of aromatic nitrogens is 1. The molecule has 2 aromatic carbocycles. The molecule has 0 unspecified atom stereocenters. The molecule has 0 aliphatic carbocycles. The van der Waals surface area contributed by atoms with Gasteiger partial charge in [-0.15, -0.1) is 0 Å². The van der Waals surface area contributed by atoms with E-state index in [4.69, 9.17) is 0 Å². The van der Waals surface area contributed by atoms with Crippen molar-refractivity contribution in [2.45, 2.75) is 0 Å². The lowest BCUT2D eigenvalue weighted by Gasteiger charge is -1.99. The first-order valence-electron chi connectivity index (χ1n) is 4.68. The Balaban J connectivity index is 0.000000853. The summed E-state index contributed by atoms with van der Waals surface area (Å²) in [5, 5.41) is 2.40. The van der Waals surface area contributed by atoms with Gasteiger partial charge < -0.3 is 0 Å². The largest absolute Gasteiger partial charge is 0.248 e. The van der Waals surface area contributed by atoms with Gasteiger partial charge in [0.25, 0.3) is 0 Å². The molecule has 68 valence electrons. The van der Waals surface area contributed by atoms with Crippen LogP contribution in [0.1, 0.15) is 1.43 Å². The molecule has 0 saturated heterocycles. The van der Waals surface area contributed by atoms with Gasteiger partial charge in [-0.25, -0.2) is 4.98 Å². The number of pyridine rings is 1. The van der Waals surface area contributed by atoms with Gasteiger partial charge in [0, 0.05) is 12.2 Å². The highest BCUT2D eigenvalue weighted by Gasteiger charge is 1.96. The molecule has 0 saturated carbocycles.